The van der Waals surface area contributed by atoms with E-state index in [0.29, 0.717) is 0 Å². The third-order valence-corrected chi connectivity index (χ3v) is 4.93. The van der Waals surface area contributed by atoms with E-state index in [4.69, 9.17) is 0 Å². The molecule has 4 nitrogen and oxygen atoms in total. The van der Waals surface area contributed by atoms with Gasteiger partial charge in [0, 0.05) is 34.9 Å². The standard InChI is InChI=1S/C21H23N3O/c1-15-7-9-17(10-8-15)23-21(25)18-5-4-6-19-20(18)16(13-22-19)14-24-11-2-3-12-24/h4-10,13,22H,2-3,11-12,14H2,1H3,(H,23,25). The topological polar surface area (TPSA) is 48.1 Å². The average Bonchev–Trinajstić information content (AvgIpc) is 3.27. The number of hydrogen-bond acceptors (Lipinski definition) is 2. The number of benzene rings is 2. The van der Waals surface area contributed by atoms with Gasteiger partial charge in [-0.15, -0.1) is 0 Å². The average molecular weight is 333 g/mol. The Labute approximate surface area is 147 Å². The number of carbonyl (C=O) groups is 1. The highest BCUT2D eigenvalue weighted by Gasteiger charge is 2.18. The van der Waals surface area contributed by atoms with Crippen LogP contribution in [-0.4, -0.2) is 28.9 Å². The van der Waals surface area contributed by atoms with Gasteiger partial charge >= 0.3 is 0 Å². The molecule has 1 aliphatic rings. The smallest absolute Gasteiger partial charge is 0.256 e. The number of nitrogens with one attached hydrogen (secondary N) is 2. The number of carbonyl (C=O) groups excluding carboxylic acids is 1. The van der Waals surface area contributed by atoms with Gasteiger partial charge in [0.25, 0.3) is 5.91 Å². The van der Waals surface area contributed by atoms with Crippen molar-refractivity contribution in [2.24, 2.45) is 0 Å². The van der Waals surface area contributed by atoms with Gasteiger partial charge in [-0.25, -0.2) is 0 Å². The molecule has 2 N–H and O–H groups in total. The molecule has 0 saturated carbocycles. The number of anilines is 1. The first kappa shape index (κ1) is 15.9. The summed E-state index contributed by atoms with van der Waals surface area (Å²) in [5, 5.41) is 4.06. The van der Waals surface area contributed by atoms with Crippen LogP contribution in [0, 0.1) is 6.92 Å². The van der Waals surface area contributed by atoms with Crippen molar-refractivity contribution in [1.29, 1.82) is 0 Å². The Morgan fingerprint density at radius 3 is 2.64 bits per heavy atom. The van der Waals surface area contributed by atoms with Crippen molar-refractivity contribution in [1.82, 2.24) is 9.88 Å². The summed E-state index contributed by atoms with van der Waals surface area (Å²) >= 11 is 0. The highest BCUT2D eigenvalue weighted by atomic mass is 16.1. The van der Waals surface area contributed by atoms with Crippen molar-refractivity contribution in [2.45, 2.75) is 26.3 Å². The van der Waals surface area contributed by atoms with Gasteiger partial charge in [0.2, 0.25) is 0 Å². The predicted molar refractivity (Wildman–Crippen MR) is 102 cm³/mol. The molecule has 0 aliphatic carbocycles. The molecule has 0 unspecified atom stereocenters. The molecular weight excluding hydrogens is 310 g/mol. The SMILES string of the molecule is Cc1ccc(NC(=O)c2cccc3[nH]cc(CN4CCCC4)c23)cc1. The molecule has 25 heavy (non-hydrogen) atoms. The van der Waals surface area contributed by atoms with Gasteiger partial charge < -0.3 is 10.3 Å². The minimum atomic E-state index is -0.0586. The van der Waals surface area contributed by atoms with Crippen LogP contribution in [0.4, 0.5) is 5.69 Å². The van der Waals surface area contributed by atoms with E-state index in [9.17, 15) is 4.79 Å². The zero-order valence-electron chi connectivity index (χ0n) is 14.5. The Balaban J connectivity index is 1.64. The van der Waals surface area contributed by atoms with Crippen LogP contribution in [0.25, 0.3) is 10.9 Å². The number of aromatic amines is 1. The van der Waals surface area contributed by atoms with Gasteiger partial charge in [-0.3, -0.25) is 9.69 Å². The lowest BCUT2D eigenvalue weighted by molar-refractivity contribution is 0.102. The first-order valence-corrected chi connectivity index (χ1v) is 8.90. The molecule has 0 bridgehead atoms. The van der Waals surface area contributed by atoms with Crippen LogP contribution >= 0.6 is 0 Å². The zero-order valence-corrected chi connectivity index (χ0v) is 14.5. The molecule has 3 aromatic rings. The van der Waals surface area contributed by atoms with Gasteiger partial charge in [-0.2, -0.15) is 0 Å². The number of nitrogens with zero attached hydrogens (tertiary/aromatic N) is 1. The molecule has 0 atom stereocenters. The maximum absolute atomic E-state index is 12.9. The lowest BCUT2D eigenvalue weighted by Gasteiger charge is -2.14. The molecule has 1 fully saturated rings. The summed E-state index contributed by atoms with van der Waals surface area (Å²) in [6, 6.07) is 13.8. The van der Waals surface area contributed by atoms with E-state index in [0.717, 1.165) is 41.8 Å². The molecule has 0 spiro atoms. The molecule has 1 aliphatic heterocycles. The largest absolute Gasteiger partial charge is 0.361 e. The van der Waals surface area contributed by atoms with Crippen molar-refractivity contribution < 1.29 is 4.79 Å². The second-order valence-corrected chi connectivity index (χ2v) is 6.85. The monoisotopic (exact) mass is 333 g/mol. The third kappa shape index (κ3) is 3.30. The summed E-state index contributed by atoms with van der Waals surface area (Å²) in [5.41, 5.74) is 4.95. The van der Waals surface area contributed by atoms with Crippen LogP contribution in [0.3, 0.4) is 0 Å². The zero-order chi connectivity index (χ0) is 17.2. The van der Waals surface area contributed by atoms with E-state index in [1.54, 1.807) is 0 Å². The van der Waals surface area contributed by atoms with Gasteiger partial charge in [0.1, 0.15) is 0 Å². The van der Waals surface area contributed by atoms with Gasteiger partial charge in [-0.05, 0) is 62.7 Å². The molecule has 1 saturated heterocycles. The maximum atomic E-state index is 12.9. The Bertz CT molecular complexity index is 889. The van der Waals surface area contributed by atoms with Gasteiger partial charge in [0.05, 0.1) is 0 Å². The first-order chi connectivity index (χ1) is 12.2. The number of fused-ring (bicyclic) bond motifs is 1. The Kier molecular flexibility index (Phi) is 4.28. The fourth-order valence-corrected chi connectivity index (χ4v) is 3.59. The maximum Gasteiger partial charge on any atom is 0.256 e. The summed E-state index contributed by atoms with van der Waals surface area (Å²) in [6.45, 7) is 5.22. The Morgan fingerprint density at radius 2 is 1.88 bits per heavy atom. The van der Waals surface area contributed by atoms with E-state index in [1.165, 1.54) is 24.0 Å². The van der Waals surface area contributed by atoms with Gasteiger partial charge in [-0.1, -0.05) is 23.8 Å². The Morgan fingerprint density at radius 1 is 1.12 bits per heavy atom. The summed E-state index contributed by atoms with van der Waals surface area (Å²) in [6.07, 6.45) is 4.58. The van der Waals surface area contributed by atoms with E-state index >= 15 is 0 Å². The number of aromatic nitrogens is 1. The van der Waals surface area contributed by atoms with Crippen LogP contribution in [0.15, 0.2) is 48.7 Å². The molecule has 1 aromatic heterocycles. The molecule has 0 radical (unpaired) electrons. The number of hydrogen-bond donors (Lipinski definition) is 2. The van der Waals surface area contributed by atoms with E-state index in [1.807, 2.05) is 55.6 Å². The summed E-state index contributed by atoms with van der Waals surface area (Å²) < 4.78 is 0. The number of likely N-dealkylation sites (tertiary alicyclic amines) is 1. The van der Waals surface area contributed by atoms with E-state index in [2.05, 4.69) is 15.2 Å². The number of aryl methyl sites for hydroxylation is 1. The minimum Gasteiger partial charge on any atom is -0.361 e. The lowest BCUT2D eigenvalue weighted by atomic mass is 10.0. The van der Waals surface area contributed by atoms with Crippen molar-refractivity contribution in [3.63, 3.8) is 0 Å². The van der Waals surface area contributed by atoms with E-state index in [-0.39, 0.29) is 5.91 Å². The minimum absolute atomic E-state index is 0.0586. The van der Waals surface area contributed by atoms with Crippen molar-refractivity contribution >= 4 is 22.5 Å². The number of amides is 1. The third-order valence-electron chi connectivity index (χ3n) is 4.93. The molecule has 128 valence electrons. The predicted octanol–water partition coefficient (Wildman–Crippen LogP) is 4.32. The van der Waals surface area contributed by atoms with Crippen LogP contribution in [0.1, 0.15) is 34.3 Å². The van der Waals surface area contributed by atoms with Crippen molar-refractivity contribution in [2.75, 3.05) is 18.4 Å². The quantitative estimate of drug-likeness (QED) is 0.747. The molecule has 1 amide bonds. The van der Waals surface area contributed by atoms with Gasteiger partial charge in [0.15, 0.2) is 0 Å². The van der Waals surface area contributed by atoms with Crippen molar-refractivity contribution in [3.8, 4) is 0 Å². The fourth-order valence-electron chi connectivity index (χ4n) is 3.59. The Hall–Kier alpha value is -2.59. The fraction of sp³-hybridized carbons (Fsp3) is 0.286. The van der Waals surface area contributed by atoms with Crippen LogP contribution in [0.5, 0.6) is 0 Å². The highest BCUT2D eigenvalue weighted by molar-refractivity contribution is 6.13. The van der Waals surface area contributed by atoms with E-state index < -0.39 is 0 Å². The second-order valence-electron chi connectivity index (χ2n) is 6.85. The molecular formula is C21H23N3O. The molecule has 4 rings (SSSR count). The summed E-state index contributed by atoms with van der Waals surface area (Å²) in [7, 11) is 0. The molecule has 2 heterocycles. The number of rotatable bonds is 4. The van der Waals surface area contributed by atoms with Crippen LogP contribution in [0.2, 0.25) is 0 Å². The normalized spacial score (nSPS) is 14.9. The van der Waals surface area contributed by atoms with Crippen molar-refractivity contribution in [3.05, 3.63) is 65.4 Å². The first-order valence-electron chi connectivity index (χ1n) is 8.90. The van der Waals surface area contributed by atoms with Crippen LogP contribution in [-0.2, 0) is 6.54 Å². The molecule has 4 heteroatoms. The summed E-state index contributed by atoms with van der Waals surface area (Å²) in [5.74, 6) is -0.0586. The second kappa shape index (κ2) is 6.73. The molecule has 2 aromatic carbocycles. The number of H-pyrrole nitrogens is 1. The summed E-state index contributed by atoms with van der Waals surface area (Å²) in [4.78, 5) is 18.6. The lowest BCUT2D eigenvalue weighted by Crippen LogP contribution is -2.19. The highest BCUT2D eigenvalue weighted by Crippen LogP contribution is 2.26. The van der Waals surface area contributed by atoms with Crippen LogP contribution < -0.4 is 5.32 Å².